The zero-order valence-electron chi connectivity index (χ0n) is 9.72. The molecule has 2 rings (SSSR count). The third-order valence-corrected chi connectivity index (χ3v) is 2.91. The number of nitrogens with zero attached hydrogens (tertiary/aromatic N) is 2. The monoisotopic (exact) mass is 265 g/mol. The van der Waals surface area contributed by atoms with Gasteiger partial charge in [0.25, 0.3) is 0 Å². The van der Waals surface area contributed by atoms with Crippen LogP contribution in [-0.2, 0) is 13.5 Å². The minimum Gasteiger partial charge on any atom is -0.477 e. The second-order valence-corrected chi connectivity index (χ2v) is 4.38. The maximum absolute atomic E-state index is 11.1. The first-order valence-corrected chi connectivity index (χ1v) is 5.66. The van der Waals surface area contributed by atoms with E-state index in [2.05, 4.69) is 5.10 Å². The lowest BCUT2D eigenvalue weighted by molar-refractivity contribution is 0.0697. The van der Waals surface area contributed by atoms with E-state index in [1.54, 1.807) is 19.2 Å². The molecule has 0 aliphatic heterocycles. The predicted octanol–water partition coefficient (Wildman–Crippen LogP) is 1.94. The van der Waals surface area contributed by atoms with E-state index >= 15 is 0 Å². The number of aryl methyl sites for hydroxylation is 1. The Morgan fingerprint density at radius 1 is 1.44 bits per heavy atom. The number of halogens is 1. The molecule has 1 aromatic heterocycles. The molecule has 0 aliphatic carbocycles. The minimum absolute atomic E-state index is 0.0625. The third-order valence-electron chi connectivity index (χ3n) is 2.66. The number of carbonyl (C=O) groups is 1. The highest BCUT2D eigenvalue weighted by atomic mass is 35.5. The zero-order chi connectivity index (χ0) is 13.3. The van der Waals surface area contributed by atoms with Gasteiger partial charge in [0.1, 0.15) is 11.4 Å². The Morgan fingerprint density at radius 2 is 2.06 bits per heavy atom. The number of hydrogen-bond donors (Lipinski definition) is 2. The normalized spacial score (nSPS) is 10.6. The average molecular weight is 266 g/mol. The molecule has 94 valence electrons. The number of hydrogen-bond acceptors (Lipinski definition) is 3. The molecule has 0 aliphatic rings. The Hall–Kier alpha value is -2.01. The van der Waals surface area contributed by atoms with Gasteiger partial charge in [-0.15, -0.1) is 0 Å². The Bertz CT molecular complexity index is 590. The van der Waals surface area contributed by atoms with Crippen LogP contribution >= 0.6 is 11.6 Å². The topological polar surface area (TPSA) is 81.1 Å². The zero-order valence-corrected chi connectivity index (χ0v) is 10.5. The molecule has 0 spiro atoms. The van der Waals surface area contributed by atoms with E-state index in [1.165, 1.54) is 4.68 Å². The Labute approximate surface area is 109 Å². The van der Waals surface area contributed by atoms with Gasteiger partial charge in [-0.2, -0.15) is 5.10 Å². The van der Waals surface area contributed by atoms with Gasteiger partial charge >= 0.3 is 5.97 Å². The summed E-state index contributed by atoms with van der Waals surface area (Å²) in [5.41, 5.74) is 7.12. The van der Waals surface area contributed by atoms with Crippen molar-refractivity contribution < 1.29 is 9.90 Å². The number of benzene rings is 1. The molecule has 1 aromatic carbocycles. The Kier molecular flexibility index (Phi) is 3.25. The van der Waals surface area contributed by atoms with Gasteiger partial charge in [-0.1, -0.05) is 23.7 Å². The van der Waals surface area contributed by atoms with Gasteiger partial charge in [0.2, 0.25) is 0 Å². The first-order chi connectivity index (χ1) is 8.49. The molecule has 0 radical (unpaired) electrons. The van der Waals surface area contributed by atoms with Crippen LogP contribution in [0.3, 0.4) is 0 Å². The molecule has 0 unspecified atom stereocenters. The molecule has 18 heavy (non-hydrogen) atoms. The summed E-state index contributed by atoms with van der Waals surface area (Å²) in [4.78, 5) is 11.1. The summed E-state index contributed by atoms with van der Waals surface area (Å²) >= 11 is 5.79. The first kappa shape index (κ1) is 12.4. The van der Waals surface area contributed by atoms with E-state index in [-0.39, 0.29) is 11.4 Å². The molecule has 0 saturated carbocycles. The molecular formula is C12H12ClN3O2. The maximum atomic E-state index is 11.1. The van der Waals surface area contributed by atoms with Crippen LogP contribution in [0.2, 0.25) is 5.02 Å². The summed E-state index contributed by atoms with van der Waals surface area (Å²) in [5.74, 6) is -0.906. The summed E-state index contributed by atoms with van der Waals surface area (Å²) < 4.78 is 1.37. The van der Waals surface area contributed by atoms with Crippen molar-refractivity contribution in [2.24, 2.45) is 7.05 Å². The molecular weight excluding hydrogens is 254 g/mol. The number of carboxylic acid groups (broad SMARTS) is 1. The van der Waals surface area contributed by atoms with Crippen LogP contribution in [0.25, 0.3) is 0 Å². The van der Waals surface area contributed by atoms with Gasteiger partial charge in [-0.05, 0) is 17.7 Å². The highest BCUT2D eigenvalue weighted by molar-refractivity contribution is 6.30. The van der Waals surface area contributed by atoms with Crippen molar-refractivity contribution in [2.75, 3.05) is 5.73 Å². The van der Waals surface area contributed by atoms with E-state index in [1.807, 2.05) is 12.1 Å². The summed E-state index contributed by atoms with van der Waals surface area (Å²) in [6.45, 7) is 0. The second-order valence-electron chi connectivity index (χ2n) is 3.94. The Balaban J connectivity index is 2.37. The lowest BCUT2D eigenvalue weighted by Gasteiger charge is -2.00. The molecule has 0 bridgehead atoms. The van der Waals surface area contributed by atoms with Crippen LogP contribution < -0.4 is 5.73 Å². The van der Waals surface area contributed by atoms with Crippen molar-refractivity contribution in [1.29, 1.82) is 0 Å². The predicted molar refractivity (Wildman–Crippen MR) is 68.8 cm³/mol. The van der Waals surface area contributed by atoms with Crippen molar-refractivity contribution in [3.8, 4) is 0 Å². The highest BCUT2D eigenvalue weighted by Gasteiger charge is 2.20. The van der Waals surface area contributed by atoms with Crippen LogP contribution in [-0.4, -0.2) is 20.9 Å². The number of aromatic nitrogens is 2. The smallest absolute Gasteiger partial charge is 0.341 e. The standard InChI is InChI=1S/C12H12ClN3O2/c1-16-11(14)10(12(17)18)9(15-16)6-7-2-4-8(13)5-3-7/h2-5H,6,14H2,1H3,(H,17,18). The molecule has 6 heteroatoms. The van der Waals surface area contributed by atoms with Gasteiger partial charge < -0.3 is 10.8 Å². The van der Waals surface area contributed by atoms with Crippen molar-refractivity contribution in [2.45, 2.75) is 6.42 Å². The maximum Gasteiger partial charge on any atom is 0.341 e. The summed E-state index contributed by atoms with van der Waals surface area (Å²) in [5, 5.41) is 13.9. The fraction of sp³-hybridized carbons (Fsp3) is 0.167. The molecule has 2 aromatic rings. The van der Waals surface area contributed by atoms with Crippen molar-refractivity contribution in [1.82, 2.24) is 9.78 Å². The molecule has 0 amide bonds. The molecule has 0 atom stereocenters. The average Bonchev–Trinajstić information content (AvgIpc) is 2.58. The van der Waals surface area contributed by atoms with Crippen LogP contribution in [0.5, 0.6) is 0 Å². The van der Waals surface area contributed by atoms with E-state index < -0.39 is 5.97 Å². The third kappa shape index (κ3) is 2.31. The van der Waals surface area contributed by atoms with Crippen LogP contribution in [0.15, 0.2) is 24.3 Å². The summed E-state index contributed by atoms with van der Waals surface area (Å²) in [6, 6.07) is 7.17. The van der Waals surface area contributed by atoms with Crippen LogP contribution in [0, 0.1) is 0 Å². The van der Waals surface area contributed by atoms with Crippen molar-refractivity contribution in [3.63, 3.8) is 0 Å². The summed E-state index contributed by atoms with van der Waals surface area (Å²) in [7, 11) is 1.62. The molecule has 3 N–H and O–H groups in total. The lowest BCUT2D eigenvalue weighted by Crippen LogP contribution is -2.05. The second kappa shape index (κ2) is 4.70. The van der Waals surface area contributed by atoms with E-state index in [4.69, 9.17) is 22.4 Å². The van der Waals surface area contributed by atoms with Crippen molar-refractivity contribution in [3.05, 3.63) is 46.1 Å². The van der Waals surface area contributed by atoms with E-state index in [0.717, 1.165) is 5.56 Å². The van der Waals surface area contributed by atoms with Crippen LogP contribution in [0.4, 0.5) is 5.82 Å². The SMILES string of the molecule is Cn1nc(Cc2ccc(Cl)cc2)c(C(=O)O)c1N. The van der Waals surface area contributed by atoms with Gasteiger partial charge in [-0.3, -0.25) is 4.68 Å². The van der Waals surface area contributed by atoms with Crippen molar-refractivity contribution >= 4 is 23.4 Å². The van der Waals surface area contributed by atoms with Gasteiger partial charge in [-0.25, -0.2) is 4.79 Å². The van der Waals surface area contributed by atoms with Gasteiger partial charge in [0.15, 0.2) is 0 Å². The minimum atomic E-state index is -1.07. The molecule has 5 nitrogen and oxygen atoms in total. The Morgan fingerprint density at radius 3 is 2.61 bits per heavy atom. The largest absolute Gasteiger partial charge is 0.477 e. The number of rotatable bonds is 3. The number of nitrogens with two attached hydrogens (primary N) is 1. The fourth-order valence-electron chi connectivity index (χ4n) is 1.75. The molecule has 0 fully saturated rings. The quantitative estimate of drug-likeness (QED) is 0.889. The van der Waals surface area contributed by atoms with Gasteiger partial charge in [0.05, 0.1) is 5.69 Å². The summed E-state index contributed by atoms with van der Waals surface area (Å²) in [6.07, 6.45) is 0.407. The lowest BCUT2D eigenvalue weighted by atomic mass is 10.1. The number of aromatic carboxylic acids is 1. The molecule has 1 heterocycles. The highest BCUT2D eigenvalue weighted by Crippen LogP contribution is 2.20. The van der Waals surface area contributed by atoms with Crippen LogP contribution in [0.1, 0.15) is 21.6 Å². The van der Waals surface area contributed by atoms with E-state index in [9.17, 15) is 4.79 Å². The number of anilines is 1. The van der Waals surface area contributed by atoms with E-state index in [0.29, 0.717) is 17.1 Å². The molecule has 0 saturated heterocycles. The van der Waals surface area contributed by atoms with Gasteiger partial charge in [0, 0.05) is 18.5 Å². The number of nitrogen functional groups attached to an aromatic ring is 1. The number of carboxylic acids is 1. The first-order valence-electron chi connectivity index (χ1n) is 5.28. The fourth-order valence-corrected chi connectivity index (χ4v) is 1.87.